The number of thiophene rings is 1. The number of thiazole rings is 2. The first-order valence-corrected chi connectivity index (χ1v) is 12.1. The van der Waals surface area contributed by atoms with Crippen molar-refractivity contribution in [2.45, 2.75) is 0 Å². The van der Waals surface area contributed by atoms with Crippen LogP contribution in [0, 0.1) is 0 Å². The first-order valence-electron chi connectivity index (χ1n) is 9.64. The van der Waals surface area contributed by atoms with Gasteiger partial charge in [0.2, 0.25) is 0 Å². The molecule has 0 spiro atoms. The second-order valence-electron chi connectivity index (χ2n) is 6.78. The molecule has 5 aromatic rings. The molecular weight excluding hydrogens is 480 g/mol. The van der Waals surface area contributed by atoms with Crippen LogP contribution in [0.4, 0.5) is 10.3 Å². The molecule has 0 saturated carbocycles. The highest BCUT2D eigenvalue weighted by Crippen LogP contribution is 2.31. The van der Waals surface area contributed by atoms with Crippen LogP contribution in [-0.4, -0.2) is 36.0 Å². The molecule has 2 aromatic carbocycles. The number of nitrogens with zero attached hydrogens (tertiary/aromatic N) is 2. The van der Waals surface area contributed by atoms with E-state index in [1.54, 1.807) is 26.4 Å². The molecule has 0 radical (unpaired) electrons. The van der Waals surface area contributed by atoms with E-state index in [1.165, 1.54) is 22.7 Å². The maximum atomic E-state index is 12.7. The van der Waals surface area contributed by atoms with E-state index in [9.17, 15) is 9.59 Å². The molecule has 0 bridgehead atoms. The van der Waals surface area contributed by atoms with Crippen LogP contribution >= 0.6 is 34.0 Å². The van der Waals surface area contributed by atoms with Crippen molar-refractivity contribution in [3.8, 4) is 11.5 Å². The van der Waals surface area contributed by atoms with E-state index < -0.39 is 0 Å². The van der Waals surface area contributed by atoms with E-state index in [1.807, 2.05) is 36.4 Å². The molecule has 0 aliphatic carbocycles. The molecule has 0 aliphatic heterocycles. The van der Waals surface area contributed by atoms with Crippen molar-refractivity contribution in [3.05, 3.63) is 58.3 Å². The van der Waals surface area contributed by atoms with Crippen LogP contribution < -0.4 is 20.1 Å². The number of hydrogen-bond donors (Lipinski definition) is 2. The lowest BCUT2D eigenvalue weighted by atomic mass is 10.3. The largest absolute Gasteiger partial charge is 0.497 e. The van der Waals surface area contributed by atoms with Gasteiger partial charge in [0.25, 0.3) is 11.8 Å². The first kappa shape index (κ1) is 21.3. The maximum Gasteiger partial charge on any atom is 0.267 e. The van der Waals surface area contributed by atoms with Gasteiger partial charge in [-0.15, -0.1) is 11.3 Å². The average Bonchev–Trinajstić information content (AvgIpc) is 3.55. The molecule has 11 heteroatoms. The van der Waals surface area contributed by atoms with Crippen molar-refractivity contribution < 1.29 is 19.1 Å². The summed E-state index contributed by atoms with van der Waals surface area (Å²) in [4.78, 5) is 35.0. The summed E-state index contributed by atoms with van der Waals surface area (Å²) in [5.41, 5.74) is 1.55. The minimum Gasteiger partial charge on any atom is -0.497 e. The third kappa shape index (κ3) is 4.38. The van der Waals surface area contributed by atoms with Gasteiger partial charge in [-0.3, -0.25) is 20.2 Å². The number of hydrogen-bond acceptors (Lipinski definition) is 9. The molecule has 8 nitrogen and oxygen atoms in total. The van der Waals surface area contributed by atoms with Crippen LogP contribution in [0.1, 0.15) is 19.3 Å². The highest BCUT2D eigenvalue weighted by molar-refractivity contribution is 7.23. The van der Waals surface area contributed by atoms with Gasteiger partial charge in [-0.25, -0.2) is 9.97 Å². The normalized spacial score (nSPS) is 11.0. The molecule has 2 amide bonds. The number of carbonyl (C=O) groups is 2. The Morgan fingerprint density at radius 3 is 1.58 bits per heavy atom. The summed E-state index contributed by atoms with van der Waals surface area (Å²) in [6, 6.07) is 14.3. The van der Waals surface area contributed by atoms with Gasteiger partial charge in [0.1, 0.15) is 11.5 Å². The number of carbonyl (C=O) groups excluding carboxylic acids is 2. The molecule has 3 heterocycles. The SMILES string of the molecule is COc1ccc2nc(NC(=O)c3ccc(C(=O)Nc4nc5ccc(OC)cc5s4)s3)sc2c1. The lowest BCUT2D eigenvalue weighted by Crippen LogP contribution is -2.10. The first-order chi connectivity index (χ1) is 16.0. The molecular formula is C22H16N4O4S3. The summed E-state index contributed by atoms with van der Waals surface area (Å²) in [6.45, 7) is 0. The number of anilines is 2. The molecule has 166 valence electrons. The molecule has 3 aromatic heterocycles. The number of methoxy groups -OCH3 is 2. The van der Waals surface area contributed by atoms with E-state index in [0.717, 1.165) is 43.3 Å². The van der Waals surface area contributed by atoms with Crippen molar-refractivity contribution in [1.29, 1.82) is 0 Å². The van der Waals surface area contributed by atoms with Gasteiger partial charge in [-0.1, -0.05) is 22.7 Å². The second kappa shape index (κ2) is 8.77. The van der Waals surface area contributed by atoms with Gasteiger partial charge < -0.3 is 9.47 Å². The van der Waals surface area contributed by atoms with E-state index in [4.69, 9.17) is 9.47 Å². The topological polar surface area (TPSA) is 102 Å². The summed E-state index contributed by atoms with van der Waals surface area (Å²) in [7, 11) is 3.20. The Hall–Kier alpha value is -3.54. The van der Waals surface area contributed by atoms with Gasteiger partial charge >= 0.3 is 0 Å². The van der Waals surface area contributed by atoms with E-state index in [0.29, 0.717) is 20.0 Å². The Kier molecular flexibility index (Phi) is 5.67. The molecule has 0 aliphatic rings. The van der Waals surface area contributed by atoms with E-state index in [-0.39, 0.29) is 11.8 Å². The average molecular weight is 497 g/mol. The Morgan fingerprint density at radius 2 is 1.15 bits per heavy atom. The second-order valence-corrected chi connectivity index (χ2v) is 9.92. The van der Waals surface area contributed by atoms with E-state index >= 15 is 0 Å². The number of rotatable bonds is 6. The summed E-state index contributed by atoms with van der Waals surface area (Å²) in [5.74, 6) is 0.810. The summed E-state index contributed by atoms with van der Waals surface area (Å²) in [6.07, 6.45) is 0. The fourth-order valence-corrected chi connectivity index (χ4v) is 5.65. The number of amides is 2. The van der Waals surface area contributed by atoms with E-state index in [2.05, 4.69) is 20.6 Å². The number of benzene rings is 2. The number of nitrogens with one attached hydrogen (secondary N) is 2. The zero-order valence-corrected chi connectivity index (χ0v) is 19.8. The number of ether oxygens (including phenoxy) is 2. The monoisotopic (exact) mass is 496 g/mol. The minimum absolute atomic E-state index is 0.322. The number of fused-ring (bicyclic) bond motifs is 2. The third-order valence-corrected chi connectivity index (χ3v) is 7.64. The molecule has 0 unspecified atom stereocenters. The summed E-state index contributed by atoms with van der Waals surface area (Å²) >= 11 is 3.81. The van der Waals surface area contributed by atoms with Crippen LogP contribution in [-0.2, 0) is 0 Å². The van der Waals surface area contributed by atoms with Gasteiger partial charge in [0.05, 0.1) is 44.4 Å². The highest BCUT2D eigenvalue weighted by Gasteiger charge is 2.17. The lowest BCUT2D eigenvalue weighted by Gasteiger charge is -1.99. The van der Waals surface area contributed by atoms with Crippen molar-refractivity contribution in [1.82, 2.24) is 9.97 Å². The fourth-order valence-electron chi connectivity index (χ4n) is 3.07. The van der Waals surface area contributed by atoms with Crippen LogP contribution in [0.5, 0.6) is 11.5 Å². The molecule has 0 saturated heterocycles. The Bertz CT molecular complexity index is 1390. The predicted molar refractivity (Wildman–Crippen MR) is 133 cm³/mol. The van der Waals surface area contributed by atoms with Crippen molar-refractivity contribution >= 4 is 76.5 Å². The third-order valence-electron chi connectivity index (χ3n) is 4.69. The molecule has 2 N–H and O–H groups in total. The zero-order chi connectivity index (χ0) is 22.9. The van der Waals surface area contributed by atoms with Crippen LogP contribution in [0.3, 0.4) is 0 Å². The number of aromatic nitrogens is 2. The van der Waals surface area contributed by atoms with Crippen molar-refractivity contribution in [2.75, 3.05) is 24.9 Å². The molecule has 0 fully saturated rings. The maximum absolute atomic E-state index is 12.7. The van der Waals surface area contributed by atoms with Crippen LogP contribution in [0.25, 0.3) is 20.4 Å². The fraction of sp³-hybridized carbons (Fsp3) is 0.0909. The van der Waals surface area contributed by atoms with Crippen molar-refractivity contribution in [2.24, 2.45) is 0 Å². The minimum atomic E-state index is -0.322. The zero-order valence-electron chi connectivity index (χ0n) is 17.4. The van der Waals surface area contributed by atoms with Gasteiger partial charge in [-0.05, 0) is 48.5 Å². The summed E-state index contributed by atoms with van der Waals surface area (Å²) in [5, 5.41) is 6.56. The quantitative estimate of drug-likeness (QED) is 0.322. The van der Waals surface area contributed by atoms with Gasteiger partial charge in [0, 0.05) is 0 Å². The summed E-state index contributed by atoms with van der Waals surface area (Å²) < 4.78 is 12.3. The lowest BCUT2D eigenvalue weighted by molar-refractivity contribution is 0.102. The van der Waals surface area contributed by atoms with Crippen molar-refractivity contribution in [3.63, 3.8) is 0 Å². The van der Waals surface area contributed by atoms with Crippen LogP contribution in [0.2, 0.25) is 0 Å². The van der Waals surface area contributed by atoms with Crippen LogP contribution in [0.15, 0.2) is 48.5 Å². The Labute approximate surface area is 199 Å². The molecule has 0 atom stereocenters. The highest BCUT2D eigenvalue weighted by atomic mass is 32.1. The molecule has 5 rings (SSSR count). The van der Waals surface area contributed by atoms with Gasteiger partial charge in [0.15, 0.2) is 10.3 Å². The Balaban J connectivity index is 1.28. The molecule has 33 heavy (non-hydrogen) atoms. The van der Waals surface area contributed by atoms with Gasteiger partial charge in [-0.2, -0.15) is 0 Å². The smallest absolute Gasteiger partial charge is 0.267 e. The Morgan fingerprint density at radius 1 is 0.697 bits per heavy atom. The predicted octanol–water partition coefficient (Wildman–Crippen LogP) is 5.49. The standard InChI is InChI=1S/C22H16N4O4S3/c1-29-11-3-5-13-17(9-11)32-21(23-13)25-19(27)15-7-8-16(31-15)20(28)26-22-24-14-6-4-12(30-2)10-18(14)33-22/h3-10H,1-2H3,(H,23,25,27)(H,24,26,28).